The van der Waals surface area contributed by atoms with Crippen LogP contribution in [0.25, 0.3) is 11.3 Å². The number of piperidine rings is 1. The van der Waals surface area contributed by atoms with Gasteiger partial charge in [-0.25, -0.2) is 4.98 Å². The first kappa shape index (κ1) is 16.0. The molecule has 0 saturated carbocycles. The fourth-order valence-electron chi connectivity index (χ4n) is 3.30. The van der Waals surface area contributed by atoms with Crippen molar-refractivity contribution in [2.75, 3.05) is 13.1 Å². The van der Waals surface area contributed by atoms with Crippen molar-refractivity contribution in [3.8, 4) is 11.3 Å². The third-order valence-corrected chi connectivity index (χ3v) is 4.90. The Hall–Kier alpha value is -2.53. The van der Waals surface area contributed by atoms with E-state index in [-0.39, 0.29) is 11.8 Å². The first-order chi connectivity index (χ1) is 12.2. The van der Waals surface area contributed by atoms with Crippen molar-refractivity contribution in [2.24, 2.45) is 0 Å². The third-order valence-electron chi connectivity index (χ3n) is 4.57. The smallest absolute Gasteiger partial charge is 0.289 e. The summed E-state index contributed by atoms with van der Waals surface area (Å²) in [6.07, 6.45) is 5.55. The number of likely N-dealkylation sites (tertiary alicyclic amines) is 1. The van der Waals surface area contributed by atoms with E-state index in [1.54, 1.807) is 24.4 Å². The minimum absolute atomic E-state index is 0.0884. The van der Waals surface area contributed by atoms with E-state index < -0.39 is 0 Å². The highest BCUT2D eigenvalue weighted by atomic mass is 35.5. The first-order valence-electron chi connectivity index (χ1n) is 8.35. The number of carbonyl (C=O) groups is 1. The van der Waals surface area contributed by atoms with Gasteiger partial charge >= 0.3 is 0 Å². The maximum atomic E-state index is 12.8. The number of nitrogens with one attached hydrogen (secondary N) is 1. The van der Waals surface area contributed by atoms with E-state index in [1.807, 2.05) is 29.3 Å². The van der Waals surface area contributed by atoms with E-state index in [2.05, 4.69) is 9.97 Å². The number of furan rings is 1. The van der Waals surface area contributed by atoms with Crippen molar-refractivity contribution in [2.45, 2.75) is 18.8 Å². The van der Waals surface area contributed by atoms with Crippen LogP contribution in [-0.4, -0.2) is 33.9 Å². The summed E-state index contributed by atoms with van der Waals surface area (Å²) in [5.74, 6) is 2.04. The molecule has 3 aromatic rings. The van der Waals surface area contributed by atoms with Crippen LogP contribution in [0, 0.1) is 0 Å². The van der Waals surface area contributed by atoms with Gasteiger partial charge in [-0.1, -0.05) is 23.7 Å². The Labute approximate surface area is 150 Å². The van der Waals surface area contributed by atoms with Crippen molar-refractivity contribution in [1.29, 1.82) is 0 Å². The molecule has 6 heteroatoms. The molecular weight excluding hydrogens is 338 g/mol. The van der Waals surface area contributed by atoms with Crippen LogP contribution in [-0.2, 0) is 0 Å². The molecule has 1 amide bonds. The number of imidazole rings is 1. The SMILES string of the molecule is O=C(c1ccc(-c2ccccc2Cl)o1)N1CCC[C@H](c2ncc[nH]2)C1. The standard InChI is InChI=1S/C19H18ClN3O2/c20-15-6-2-1-5-14(15)16-7-8-17(25-16)19(24)23-11-3-4-13(12-23)18-21-9-10-22-18/h1-2,5-10,13H,3-4,11-12H2,(H,21,22)/t13-/m0/s1. The van der Waals surface area contributed by atoms with Crippen LogP contribution in [0.4, 0.5) is 0 Å². The highest BCUT2D eigenvalue weighted by Gasteiger charge is 2.28. The molecule has 0 bridgehead atoms. The molecule has 5 nitrogen and oxygen atoms in total. The number of rotatable bonds is 3. The number of aromatic amines is 1. The number of hydrogen-bond donors (Lipinski definition) is 1. The molecule has 1 atom stereocenters. The number of amides is 1. The number of hydrogen-bond acceptors (Lipinski definition) is 3. The van der Waals surface area contributed by atoms with Crippen molar-refractivity contribution in [3.63, 3.8) is 0 Å². The lowest BCUT2D eigenvalue weighted by atomic mass is 9.97. The Bertz CT molecular complexity index is 872. The molecule has 0 unspecified atom stereocenters. The minimum Gasteiger partial charge on any atom is -0.451 e. The largest absolute Gasteiger partial charge is 0.451 e. The van der Waals surface area contributed by atoms with E-state index >= 15 is 0 Å². The summed E-state index contributed by atoms with van der Waals surface area (Å²) < 4.78 is 5.79. The number of carbonyl (C=O) groups excluding carboxylic acids is 1. The third kappa shape index (κ3) is 3.20. The van der Waals surface area contributed by atoms with Crippen LogP contribution in [0.2, 0.25) is 5.02 Å². The maximum Gasteiger partial charge on any atom is 0.289 e. The quantitative estimate of drug-likeness (QED) is 0.760. The van der Waals surface area contributed by atoms with Crippen LogP contribution in [0.15, 0.2) is 53.2 Å². The van der Waals surface area contributed by atoms with Crippen molar-refractivity contribution in [3.05, 3.63) is 65.4 Å². The fraction of sp³-hybridized carbons (Fsp3) is 0.263. The van der Waals surface area contributed by atoms with Gasteiger partial charge in [-0.3, -0.25) is 4.79 Å². The van der Waals surface area contributed by atoms with Gasteiger partial charge in [0.05, 0.1) is 5.02 Å². The predicted molar refractivity (Wildman–Crippen MR) is 95.6 cm³/mol. The number of nitrogens with zero attached hydrogens (tertiary/aromatic N) is 2. The second-order valence-corrected chi connectivity index (χ2v) is 6.62. The van der Waals surface area contributed by atoms with Gasteiger partial charge in [0, 0.05) is 37.0 Å². The first-order valence-corrected chi connectivity index (χ1v) is 8.73. The average molecular weight is 356 g/mol. The summed E-state index contributed by atoms with van der Waals surface area (Å²) in [7, 11) is 0. The van der Waals surface area contributed by atoms with Gasteiger partial charge in [-0.15, -0.1) is 0 Å². The molecule has 1 saturated heterocycles. The summed E-state index contributed by atoms with van der Waals surface area (Å²) in [5.41, 5.74) is 0.787. The van der Waals surface area contributed by atoms with Gasteiger partial charge in [-0.05, 0) is 37.1 Å². The van der Waals surface area contributed by atoms with Gasteiger partial charge < -0.3 is 14.3 Å². The summed E-state index contributed by atoms with van der Waals surface area (Å²) in [6, 6.07) is 11.0. The fourth-order valence-corrected chi connectivity index (χ4v) is 3.53. The lowest BCUT2D eigenvalue weighted by molar-refractivity contribution is 0.0673. The van der Waals surface area contributed by atoms with Crippen molar-refractivity contribution in [1.82, 2.24) is 14.9 Å². The Balaban J connectivity index is 1.52. The monoisotopic (exact) mass is 355 g/mol. The van der Waals surface area contributed by atoms with E-state index in [0.717, 1.165) is 30.8 Å². The molecule has 1 N–H and O–H groups in total. The van der Waals surface area contributed by atoms with E-state index in [9.17, 15) is 4.79 Å². The van der Waals surface area contributed by atoms with Crippen LogP contribution in [0.3, 0.4) is 0 Å². The molecule has 3 heterocycles. The predicted octanol–water partition coefficient (Wildman–Crippen LogP) is 4.34. The second kappa shape index (κ2) is 6.76. The summed E-state index contributed by atoms with van der Waals surface area (Å²) in [6.45, 7) is 1.38. The van der Waals surface area contributed by atoms with Gasteiger partial charge in [0.1, 0.15) is 11.6 Å². The van der Waals surface area contributed by atoms with Crippen LogP contribution in [0.5, 0.6) is 0 Å². The lowest BCUT2D eigenvalue weighted by Gasteiger charge is -2.31. The Morgan fingerprint density at radius 1 is 1.28 bits per heavy atom. The van der Waals surface area contributed by atoms with Crippen LogP contribution in [0.1, 0.15) is 35.1 Å². The summed E-state index contributed by atoms with van der Waals surface area (Å²) >= 11 is 6.21. The molecule has 128 valence electrons. The minimum atomic E-state index is -0.0884. The van der Waals surface area contributed by atoms with Gasteiger partial charge in [0.15, 0.2) is 5.76 Å². The van der Waals surface area contributed by atoms with Crippen molar-refractivity contribution >= 4 is 17.5 Å². The molecule has 0 aliphatic carbocycles. The highest BCUT2D eigenvalue weighted by Crippen LogP contribution is 2.30. The van der Waals surface area contributed by atoms with Gasteiger partial charge in [0.2, 0.25) is 0 Å². The number of H-pyrrole nitrogens is 1. The zero-order valence-electron chi connectivity index (χ0n) is 13.6. The van der Waals surface area contributed by atoms with E-state index in [1.165, 1.54) is 0 Å². The number of benzene rings is 1. The molecule has 1 fully saturated rings. The summed E-state index contributed by atoms with van der Waals surface area (Å²) in [5, 5.41) is 0.603. The van der Waals surface area contributed by atoms with E-state index in [0.29, 0.717) is 23.1 Å². The molecule has 1 aliphatic rings. The second-order valence-electron chi connectivity index (χ2n) is 6.21. The zero-order valence-corrected chi connectivity index (χ0v) is 14.4. The zero-order chi connectivity index (χ0) is 17.2. The average Bonchev–Trinajstić information content (AvgIpc) is 3.34. The molecule has 25 heavy (non-hydrogen) atoms. The maximum absolute atomic E-state index is 12.8. The Morgan fingerprint density at radius 2 is 2.16 bits per heavy atom. The molecule has 4 rings (SSSR count). The summed E-state index contributed by atoms with van der Waals surface area (Å²) in [4.78, 5) is 22.1. The Morgan fingerprint density at radius 3 is 2.96 bits per heavy atom. The van der Waals surface area contributed by atoms with E-state index in [4.69, 9.17) is 16.0 Å². The van der Waals surface area contributed by atoms with Crippen LogP contribution < -0.4 is 0 Å². The molecule has 1 aromatic carbocycles. The lowest BCUT2D eigenvalue weighted by Crippen LogP contribution is -2.39. The molecular formula is C19H18ClN3O2. The Kier molecular flexibility index (Phi) is 4.32. The molecule has 0 spiro atoms. The van der Waals surface area contributed by atoms with Gasteiger partial charge in [-0.2, -0.15) is 0 Å². The van der Waals surface area contributed by atoms with Crippen LogP contribution >= 0.6 is 11.6 Å². The van der Waals surface area contributed by atoms with Gasteiger partial charge in [0.25, 0.3) is 5.91 Å². The highest BCUT2D eigenvalue weighted by molar-refractivity contribution is 6.33. The molecule has 0 radical (unpaired) electrons. The topological polar surface area (TPSA) is 62.1 Å². The number of halogens is 1. The normalized spacial score (nSPS) is 17.6. The molecule has 1 aliphatic heterocycles. The molecule has 2 aromatic heterocycles. The number of aromatic nitrogens is 2. The van der Waals surface area contributed by atoms with Crippen molar-refractivity contribution < 1.29 is 9.21 Å².